The molecule has 0 radical (unpaired) electrons. The fourth-order valence-corrected chi connectivity index (χ4v) is 5.49. The van der Waals surface area contributed by atoms with E-state index in [1.54, 1.807) is 0 Å². The van der Waals surface area contributed by atoms with Crippen LogP contribution in [-0.4, -0.2) is 48.6 Å². The van der Waals surface area contributed by atoms with Crippen molar-refractivity contribution in [1.29, 1.82) is 0 Å². The average Bonchev–Trinajstić information content (AvgIpc) is 2.79. The van der Waals surface area contributed by atoms with Crippen LogP contribution < -0.4 is 4.90 Å². The number of sulfone groups is 1. The maximum Gasteiger partial charge on any atom is 0.176 e. The molecule has 2 heterocycles. The van der Waals surface area contributed by atoms with Crippen LogP contribution in [-0.2, 0) is 9.84 Å². The van der Waals surface area contributed by atoms with Gasteiger partial charge in [-0.2, -0.15) is 0 Å². The second kappa shape index (κ2) is 4.45. The standard InChI is InChI=1S/C13H16N2O2S2/c1-2-14-11-8-19(16,17)9-12(11)15(13(14)18)10-6-4-3-5-7-10/h3-7,11-12H,2,8-9H2,1H3/t11-,12-/m1/s1. The lowest BCUT2D eigenvalue weighted by molar-refractivity contribution is 0.373. The number of hydrogen-bond acceptors (Lipinski definition) is 3. The first-order chi connectivity index (χ1) is 9.03. The van der Waals surface area contributed by atoms with Gasteiger partial charge in [0.2, 0.25) is 0 Å². The zero-order chi connectivity index (χ0) is 13.6. The molecule has 2 atom stereocenters. The molecule has 0 saturated carbocycles. The summed E-state index contributed by atoms with van der Waals surface area (Å²) in [5.74, 6) is 0.415. The van der Waals surface area contributed by atoms with E-state index in [1.807, 2.05) is 47.1 Å². The molecule has 0 N–H and O–H groups in total. The Morgan fingerprint density at radius 3 is 2.47 bits per heavy atom. The van der Waals surface area contributed by atoms with Crippen LogP contribution in [0.5, 0.6) is 0 Å². The Bertz CT molecular complexity index is 600. The number of anilines is 1. The van der Waals surface area contributed by atoms with Crippen LogP contribution >= 0.6 is 12.2 Å². The van der Waals surface area contributed by atoms with Crippen LogP contribution in [0.1, 0.15) is 6.92 Å². The van der Waals surface area contributed by atoms with E-state index >= 15 is 0 Å². The fraction of sp³-hybridized carbons (Fsp3) is 0.462. The zero-order valence-electron chi connectivity index (χ0n) is 10.7. The lowest BCUT2D eigenvalue weighted by atomic mass is 10.1. The molecule has 0 amide bonds. The SMILES string of the molecule is CCN1C(=S)N(c2ccccc2)[C@@H]2CS(=O)(=O)C[C@H]21. The first-order valence-electron chi connectivity index (χ1n) is 6.39. The van der Waals surface area contributed by atoms with Crippen LogP contribution in [0.15, 0.2) is 30.3 Å². The van der Waals surface area contributed by atoms with Crippen molar-refractivity contribution in [3.63, 3.8) is 0 Å². The van der Waals surface area contributed by atoms with E-state index in [0.29, 0.717) is 0 Å². The maximum atomic E-state index is 11.9. The molecule has 0 aromatic heterocycles. The van der Waals surface area contributed by atoms with Crippen LogP contribution in [0.4, 0.5) is 5.69 Å². The lowest BCUT2D eigenvalue weighted by Crippen LogP contribution is -2.37. The van der Waals surface area contributed by atoms with E-state index in [2.05, 4.69) is 0 Å². The van der Waals surface area contributed by atoms with E-state index in [4.69, 9.17) is 12.2 Å². The van der Waals surface area contributed by atoms with E-state index in [1.165, 1.54) is 0 Å². The van der Waals surface area contributed by atoms with Gasteiger partial charge in [0.15, 0.2) is 14.9 Å². The lowest BCUT2D eigenvalue weighted by Gasteiger charge is -2.24. The average molecular weight is 296 g/mol. The Labute approximate surface area is 118 Å². The zero-order valence-corrected chi connectivity index (χ0v) is 12.3. The fourth-order valence-electron chi connectivity index (χ4n) is 3.04. The van der Waals surface area contributed by atoms with Crippen molar-refractivity contribution in [2.75, 3.05) is 23.0 Å². The highest BCUT2D eigenvalue weighted by Crippen LogP contribution is 2.34. The van der Waals surface area contributed by atoms with Gasteiger partial charge in [0.05, 0.1) is 23.6 Å². The molecule has 1 aromatic rings. The predicted octanol–water partition coefficient (Wildman–Crippen LogP) is 1.28. The Hall–Kier alpha value is -1.14. The van der Waals surface area contributed by atoms with Gasteiger partial charge in [-0.05, 0) is 31.3 Å². The molecule has 2 fully saturated rings. The van der Waals surface area contributed by atoms with Crippen molar-refractivity contribution in [3.8, 4) is 0 Å². The van der Waals surface area contributed by atoms with Crippen LogP contribution in [0.2, 0.25) is 0 Å². The molecule has 2 saturated heterocycles. The number of fused-ring (bicyclic) bond motifs is 1. The van der Waals surface area contributed by atoms with E-state index < -0.39 is 9.84 Å². The number of rotatable bonds is 2. The molecular weight excluding hydrogens is 280 g/mol. The van der Waals surface area contributed by atoms with Crippen molar-refractivity contribution in [1.82, 2.24) is 4.90 Å². The Morgan fingerprint density at radius 1 is 1.21 bits per heavy atom. The Kier molecular flexibility index (Phi) is 3.02. The summed E-state index contributed by atoms with van der Waals surface area (Å²) in [4.78, 5) is 4.05. The van der Waals surface area contributed by atoms with E-state index in [0.717, 1.165) is 17.3 Å². The van der Waals surface area contributed by atoms with Crippen LogP contribution in [0.3, 0.4) is 0 Å². The molecule has 2 aliphatic heterocycles. The molecular formula is C13H16N2O2S2. The Balaban J connectivity index is 2.03. The summed E-state index contributed by atoms with van der Waals surface area (Å²) in [6.45, 7) is 2.77. The number of thiocarbonyl (C=S) groups is 1. The third-order valence-corrected chi connectivity index (χ3v) is 5.98. The number of nitrogens with zero attached hydrogens (tertiary/aromatic N) is 2. The summed E-state index contributed by atoms with van der Waals surface area (Å²) in [7, 11) is -2.96. The summed E-state index contributed by atoms with van der Waals surface area (Å²) >= 11 is 5.53. The smallest absolute Gasteiger partial charge is 0.176 e. The van der Waals surface area contributed by atoms with Gasteiger partial charge in [0, 0.05) is 12.2 Å². The first kappa shape index (κ1) is 12.9. The highest BCUT2D eigenvalue weighted by atomic mass is 32.2. The molecule has 2 aliphatic rings. The second-order valence-corrected chi connectivity index (χ2v) is 7.50. The van der Waals surface area contributed by atoms with Crippen LogP contribution in [0.25, 0.3) is 0 Å². The third kappa shape index (κ3) is 2.03. The summed E-state index contributed by atoms with van der Waals surface area (Å²) in [6, 6.07) is 9.77. The first-order valence-corrected chi connectivity index (χ1v) is 8.62. The molecule has 4 nitrogen and oxygen atoms in total. The monoisotopic (exact) mass is 296 g/mol. The number of likely N-dealkylation sites (N-methyl/N-ethyl adjacent to an activating group) is 1. The van der Waals surface area contributed by atoms with E-state index in [9.17, 15) is 8.42 Å². The molecule has 0 aliphatic carbocycles. The van der Waals surface area contributed by atoms with Crippen LogP contribution in [0, 0.1) is 0 Å². The summed E-state index contributed by atoms with van der Waals surface area (Å²) in [5, 5.41) is 0.749. The number of hydrogen-bond donors (Lipinski definition) is 0. The summed E-state index contributed by atoms with van der Waals surface area (Å²) in [5.41, 5.74) is 0.982. The molecule has 0 bridgehead atoms. The number of para-hydroxylation sites is 1. The molecule has 19 heavy (non-hydrogen) atoms. The molecule has 3 rings (SSSR count). The van der Waals surface area contributed by atoms with Crippen molar-refractivity contribution >= 4 is 32.9 Å². The Morgan fingerprint density at radius 2 is 1.84 bits per heavy atom. The molecule has 1 aromatic carbocycles. The van der Waals surface area contributed by atoms with Gasteiger partial charge in [-0.1, -0.05) is 18.2 Å². The van der Waals surface area contributed by atoms with Gasteiger partial charge < -0.3 is 9.80 Å². The largest absolute Gasteiger partial charge is 0.343 e. The molecule has 102 valence electrons. The van der Waals surface area contributed by atoms with Crippen molar-refractivity contribution in [2.24, 2.45) is 0 Å². The third-order valence-electron chi connectivity index (χ3n) is 3.85. The second-order valence-electron chi connectivity index (χ2n) is 4.99. The quantitative estimate of drug-likeness (QED) is 0.769. The highest BCUT2D eigenvalue weighted by molar-refractivity contribution is 7.91. The normalized spacial score (nSPS) is 28.8. The van der Waals surface area contributed by atoms with Gasteiger partial charge >= 0.3 is 0 Å². The topological polar surface area (TPSA) is 40.6 Å². The van der Waals surface area contributed by atoms with Crippen molar-refractivity contribution < 1.29 is 8.42 Å². The number of benzene rings is 1. The van der Waals surface area contributed by atoms with Gasteiger partial charge in [-0.15, -0.1) is 0 Å². The molecule has 0 spiro atoms. The van der Waals surface area contributed by atoms with Gasteiger partial charge in [-0.25, -0.2) is 8.42 Å². The maximum absolute atomic E-state index is 11.9. The molecule has 6 heteroatoms. The minimum Gasteiger partial charge on any atom is -0.343 e. The van der Waals surface area contributed by atoms with Gasteiger partial charge in [-0.3, -0.25) is 0 Å². The van der Waals surface area contributed by atoms with Gasteiger partial charge in [0.1, 0.15) is 0 Å². The summed E-state index contributed by atoms with van der Waals surface area (Å²) < 4.78 is 23.8. The van der Waals surface area contributed by atoms with Gasteiger partial charge in [0.25, 0.3) is 0 Å². The minimum absolute atomic E-state index is 0.00251. The van der Waals surface area contributed by atoms with Crippen molar-refractivity contribution in [2.45, 2.75) is 19.0 Å². The van der Waals surface area contributed by atoms with E-state index in [-0.39, 0.29) is 23.6 Å². The predicted molar refractivity (Wildman–Crippen MR) is 80.1 cm³/mol. The minimum atomic E-state index is -2.96. The summed E-state index contributed by atoms with van der Waals surface area (Å²) in [6.07, 6.45) is 0. The van der Waals surface area contributed by atoms with Crippen molar-refractivity contribution in [3.05, 3.63) is 30.3 Å². The highest BCUT2D eigenvalue weighted by Gasteiger charge is 2.51. The molecule has 0 unspecified atom stereocenters.